The van der Waals surface area contributed by atoms with Gasteiger partial charge in [-0.1, -0.05) is 29.8 Å². The van der Waals surface area contributed by atoms with Crippen molar-refractivity contribution in [1.29, 1.82) is 0 Å². The van der Waals surface area contributed by atoms with Crippen LogP contribution in [0.5, 0.6) is 0 Å². The Morgan fingerprint density at radius 2 is 2.00 bits per heavy atom. The smallest absolute Gasteiger partial charge is 0.325 e. The van der Waals surface area contributed by atoms with Crippen LogP contribution < -0.4 is 16.1 Å². The summed E-state index contributed by atoms with van der Waals surface area (Å²) in [4.78, 5) is 34.7. The van der Waals surface area contributed by atoms with Gasteiger partial charge in [0.25, 0.3) is 5.56 Å². The van der Waals surface area contributed by atoms with E-state index in [1.807, 2.05) is 34.5 Å². The number of aromatic amines is 2. The Morgan fingerprint density at radius 3 is 2.83 bits per heavy atom. The summed E-state index contributed by atoms with van der Waals surface area (Å²) >= 11 is 7.69. The lowest BCUT2D eigenvalue weighted by Gasteiger charge is -2.12. The summed E-state index contributed by atoms with van der Waals surface area (Å²) in [7, 11) is 0. The van der Waals surface area contributed by atoms with Gasteiger partial charge in [-0.25, -0.2) is 9.78 Å². The first-order chi connectivity index (χ1) is 11.1. The lowest BCUT2D eigenvalue weighted by Crippen LogP contribution is -2.25. The van der Waals surface area contributed by atoms with Crippen LogP contribution in [0.25, 0.3) is 11.3 Å². The molecule has 0 amide bonds. The Bertz CT molecular complexity index is 1010. The van der Waals surface area contributed by atoms with Crippen molar-refractivity contribution in [1.82, 2.24) is 15.0 Å². The quantitative estimate of drug-likeness (QED) is 0.746. The van der Waals surface area contributed by atoms with Crippen LogP contribution in [0.2, 0.25) is 5.02 Å². The Morgan fingerprint density at radius 1 is 1.17 bits per heavy atom. The molecule has 3 heterocycles. The molecule has 0 saturated carbocycles. The minimum absolute atomic E-state index is 0.339. The van der Waals surface area contributed by atoms with E-state index in [9.17, 15) is 9.59 Å². The van der Waals surface area contributed by atoms with E-state index in [2.05, 4.69) is 15.0 Å². The minimum atomic E-state index is -0.480. The summed E-state index contributed by atoms with van der Waals surface area (Å²) in [5, 5.41) is 3.37. The number of H-pyrrole nitrogens is 2. The third-order valence-corrected chi connectivity index (χ3v) is 4.97. The van der Waals surface area contributed by atoms with Crippen molar-refractivity contribution in [3.8, 4) is 11.3 Å². The molecule has 1 aliphatic heterocycles. The summed E-state index contributed by atoms with van der Waals surface area (Å²) < 4.78 is 0. The Kier molecular flexibility index (Phi) is 3.32. The molecule has 6 nitrogen and oxygen atoms in total. The molecule has 0 unspecified atom stereocenters. The van der Waals surface area contributed by atoms with Crippen molar-refractivity contribution in [3.63, 3.8) is 0 Å². The predicted octanol–water partition coefficient (Wildman–Crippen LogP) is 2.36. The molecule has 0 fully saturated rings. The number of nitrogens with zero attached hydrogens (tertiary/aromatic N) is 2. The molecule has 0 bridgehead atoms. The summed E-state index contributed by atoms with van der Waals surface area (Å²) in [5.41, 5.74) is 2.08. The van der Waals surface area contributed by atoms with Crippen molar-refractivity contribution in [3.05, 3.63) is 66.8 Å². The van der Waals surface area contributed by atoms with E-state index in [0.717, 1.165) is 16.4 Å². The van der Waals surface area contributed by atoms with Gasteiger partial charge in [0, 0.05) is 21.7 Å². The first-order valence-electron chi connectivity index (χ1n) is 6.91. The molecule has 8 heteroatoms. The molecule has 0 atom stereocenters. The average molecular weight is 347 g/mol. The van der Waals surface area contributed by atoms with Gasteiger partial charge in [-0.2, -0.15) is 0 Å². The van der Waals surface area contributed by atoms with E-state index in [1.54, 1.807) is 0 Å². The van der Waals surface area contributed by atoms with Crippen LogP contribution in [0.4, 0.5) is 5.13 Å². The van der Waals surface area contributed by atoms with Crippen molar-refractivity contribution >= 4 is 28.1 Å². The highest BCUT2D eigenvalue weighted by Gasteiger charge is 2.25. The zero-order valence-electron chi connectivity index (χ0n) is 11.8. The number of halogens is 1. The normalized spacial score (nSPS) is 13.3. The molecule has 1 aromatic carbocycles. The zero-order valence-corrected chi connectivity index (χ0v) is 13.4. The van der Waals surface area contributed by atoms with Crippen molar-refractivity contribution in [2.24, 2.45) is 0 Å². The average Bonchev–Trinajstić information content (AvgIpc) is 3.14. The third-order valence-electron chi connectivity index (χ3n) is 3.74. The van der Waals surface area contributed by atoms with E-state index in [1.165, 1.54) is 11.3 Å². The van der Waals surface area contributed by atoms with Crippen LogP contribution in [0.3, 0.4) is 0 Å². The van der Waals surface area contributed by atoms with Crippen LogP contribution >= 0.6 is 22.9 Å². The van der Waals surface area contributed by atoms with Crippen LogP contribution in [-0.4, -0.2) is 15.0 Å². The van der Waals surface area contributed by atoms with Gasteiger partial charge in [-0.3, -0.25) is 9.78 Å². The molecule has 1 aliphatic rings. The van der Waals surface area contributed by atoms with Gasteiger partial charge in [-0.15, -0.1) is 11.3 Å². The fourth-order valence-electron chi connectivity index (χ4n) is 2.64. The molecule has 23 heavy (non-hydrogen) atoms. The number of aromatic nitrogens is 3. The lowest BCUT2D eigenvalue weighted by molar-refractivity contribution is 0.861. The standard InChI is InChI=1S/C15H11ClN4O2S/c16-10-4-2-1-3-8(10)12-7-23-15(18-12)20-5-9-11(6-20)17-14(22)19-13(9)21/h1-4,7H,5-6H2,(H2,17,19,21,22). The number of hydrogen-bond acceptors (Lipinski definition) is 5. The highest BCUT2D eigenvalue weighted by molar-refractivity contribution is 7.14. The molecule has 0 saturated heterocycles. The molecule has 2 N–H and O–H groups in total. The van der Waals surface area contributed by atoms with Crippen LogP contribution in [-0.2, 0) is 13.1 Å². The van der Waals surface area contributed by atoms with Crippen molar-refractivity contribution in [2.45, 2.75) is 13.1 Å². The van der Waals surface area contributed by atoms with Gasteiger partial charge < -0.3 is 9.88 Å². The van der Waals surface area contributed by atoms with Gasteiger partial charge in [0.2, 0.25) is 0 Å². The van der Waals surface area contributed by atoms with Crippen molar-refractivity contribution < 1.29 is 0 Å². The van der Waals surface area contributed by atoms with E-state index >= 15 is 0 Å². The maximum absolute atomic E-state index is 11.8. The predicted molar refractivity (Wildman–Crippen MR) is 90.1 cm³/mol. The van der Waals surface area contributed by atoms with E-state index in [4.69, 9.17) is 11.6 Å². The highest BCUT2D eigenvalue weighted by atomic mass is 35.5. The highest BCUT2D eigenvalue weighted by Crippen LogP contribution is 2.34. The Balaban J connectivity index is 1.67. The maximum Gasteiger partial charge on any atom is 0.325 e. The Hall–Kier alpha value is -2.38. The largest absolute Gasteiger partial charge is 0.338 e. The fourth-order valence-corrected chi connectivity index (χ4v) is 3.70. The third kappa shape index (κ3) is 2.47. The van der Waals surface area contributed by atoms with Gasteiger partial charge >= 0.3 is 5.69 Å². The van der Waals surface area contributed by atoms with Gasteiger partial charge in [0.1, 0.15) is 0 Å². The molecule has 0 radical (unpaired) electrons. The topological polar surface area (TPSA) is 81.8 Å². The number of fused-ring (bicyclic) bond motifs is 1. The molecule has 2 aromatic heterocycles. The Labute approximate surface area is 139 Å². The summed E-state index contributed by atoms with van der Waals surface area (Å²) in [6, 6.07) is 7.53. The van der Waals surface area contributed by atoms with Gasteiger partial charge in [0.05, 0.1) is 24.3 Å². The summed E-state index contributed by atoms with van der Waals surface area (Å²) in [6.45, 7) is 0.890. The number of nitrogens with one attached hydrogen (secondary N) is 2. The first kappa shape index (κ1) is 14.2. The minimum Gasteiger partial charge on any atom is -0.338 e. The monoisotopic (exact) mass is 346 g/mol. The number of thiazole rings is 1. The first-order valence-corrected chi connectivity index (χ1v) is 8.17. The molecule has 116 valence electrons. The van der Waals surface area contributed by atoms with Crippen LogP contribution in [0.15, 0.2) is 39.2 Å². The lowest BCUT2D eigenvalue weighted by atomic mass is 10.2. The summed E-state index contributed by atoms with van der Waals surface area (Å²) in [6.07, 6.45) is 0. The number of hydrogen-bond donors (Lipinski definition) is 2. The molecular formula is C15H11ClN4O2S. The molecular weight excluding hydrogens is 336 g/mol. The molecule has 3 aromatic rings. The number of anilines is 1. The van der Waals surface area contributed by atoms with E-state index < -0.39 is 5.69 Å². The SMILES string of the molecule is O=c1[nH]c2c(c(=O)[nH]1)CN(c1nc(-c3ccccc3Cl)cs1)C2. The van der Waals surface area contributed by atoms with Gasteiger partial charge in [-0.05, 0) is 6.07 Å². The second kappa shape index (κ2) is 5.36. The number of rotatable bonds is 2. The molecule has 4 rings (SSSR count). The number of benzene rings is 1. The summed E-state index contributed by atoms with van der Waals surface area (Å²) in [5.74, 6) is 0. The van der Waals surface area contributed by atoms with E-state index in [-0.39, 0.29) is 5.56 Å². The fraction of sp³-hybridized carbons (Fsp3) is 0.133. The maximum atomic E-state index is 11.8. The second-order valence-corrected chi connectivity index (χ2v) is 6.46. The molecule has 0 aliphatic carbocycles. The second-order valence-electron chi connectivity index (χ2n) is 5.22. The van der Waals surface area contributed by atoms with Crippen LogP contribution in [0.1, 0.15) is 11.3 Å². The zero-order chi connectivity index (χ0) is 16.0. The molecule has 0 spiro atoms. The van der Waals surface area contributed by atoms with Crippen molar-refractivity contribution in [2.75, 3.05) is 4.90 Å². The van der Waals surface area contributed by atoms with E-state index in [0.29, 0.717) is 29.4 Å². The van der Waals surface area contributed by atoms with Gasteiger partial charge in [0.15, 0.2) is 5.13 Å². The van der Waals surface area contributed by atoms with Crippen LogP contribution in [0, 0.1) is 0 Å².